The van der Waals surface area contributed by atoms with Gasteiger partial charge < -0.3 is 14.5 Å². The summed E-state index contributed by atoms with van der Waals surface area (Å²) in [6.45, 7) is 6.22. The lowest BCUT2D eigenvalue weighted by Crippen LogP contribution is -2.42. The number of hydrogen-bond donors (Lipinski definition) is 1. The summed E-state index contributed by atoms with van der Waals surface area (Å²) in [4.78, 5) is 13.8. The third-order valence-electron chi connectivity index (χ3n) is 3.80. The van der Waals surface area contributed by atoms with E-state index in [1.165, 1.54) is 39.5 Å². The summed E-state index contributed by atoms with van der Waals surface area (Å²) in [5.41, 5.74) is 0. The number of hydrogen-bond acceptors (Lipinski definition) is 5. The maximum absolute atomic E-state index is 11.3. The first-order chi connectivity index (χ1) is 9.70. The quantitative estimate of drug-likeness (QED) is 0.808. The number of carbonyl (C=O) groups is 1. The number of methoxy groups -OCH3 is 1. The van der Waals surface area contributed by atoms with Crippen LogP contribution in [0.2, 0.25) is 0 Å². The average Bonchev–Trinajstić information content (AvgIpc) is 2.96. The number of esters is 1. The second kappa shape index (κ2) is 7.45. The molecule has 0 aliphatic carbocycles. The predicted molar refractivity (Wildman–Crippen MR) is 76.6 cm³/mol. The monoisotopic (exact) mass is 280 g/mol. The van der Waals surface area contributed by atoms with Gasteiger partial charge in [-0.05, 0) is 45.0 Å². The molecule has 1 aliphatic heterocycles. The van der Waals surface area contributed by atoms with E-state index in [1.54, 1.807) is 6.07 Å². The molecule has 5 nitrogen and oxygen atoms in total. The zero-order valence-electron chi connectivity index (χ0n) is 12.4. The highest BCUT2D eigenvalue weighted by Crippen LogP contribution is 2.12. The maximum atomic E-state index is 11.3. The van der Waals surface area contributed by atoms with Crippen molar-refractivity contribution in [2.45, 2.75) is 38.8 Å². The Labute approximate surface area is 120 Å². The van der Waals surface area contributed by atoms with Gasteiger partial charge in [0.15, 0.2) is 0 Å². The third-order valence-corrected chi connectivity index (χ3v) is 3.80. The molecule has 0 aromatic carbocycles. The van der Waals surface area contributed by atoms with Crippen LogP contribution < -0.4 is 5.32 Å². The Hall–Kier alpha value is -1.33. The maximum Gasteiger partial charge on any atom is 0.373 e. The molecule has 112 valence electrons. The van der Waals surface area contributed by atoms with E-state index in [0.29, 0.717) is 12.6 Å². The van der Waals surface area contributed by atoms with Gasteiger partial charge in [-0.15, -0.1) is 0 Å². The third kappa shape index (κ3) is 4.08. The van der Waals surface area contributed by atoms with Crippen molar-refractivity contribution in [3.63, 3.8) is 0 Å². The van der Waals surface area contributed by atoms with E-state index in [1.807, 2.05) is 6.07 Å². The smallest absolute Gasteiger partial charge is 0.373 e. The minimum Gasteiger partial charge on any atom is -0.463 e. The van der Waals surface area contributed by atoms with Crippen LogP contribution in [0.3, 0.4) is 0 Å². The molecule has 5 heteroatoms. The molecule has 1 aliphatic rings. The zero-order valence-corrected chi connectivity index (χ0v) is 12.4. The predicted octanol–water partition coefficient (Wildman–Crippen LogP) is 2.03. The Morgan fingerprint density at radius 3 is 2.85 bits per heavy atom. The second-order valence-electron chi connectivity index (χ2n) is 5.33. The molecule has 1 fully saturated rings. The lowest BCUT2D eigenvalue weighted by atomic mass is 10.1. The van der Waals surface area contributed by atoms with Crippen LogP contribution in [0.25, 0.3) is 0 Å². The van der Waals surface area contributed by atoms with Crippen molar-refractivity contribution >= 4 is 5.97 Å². The number of nitrogens with one attached hydrogen (secondary N) is 1. The molecular weight excluding hydrogens is 256 g/mol. The van der Waals surface area contributed by atoms with Gasteiger partial charge in [0.05, 0.1) is 13.7 Å². The van der Waals surface area contributed by atoms with Crippen LogP contribution in [-0.4, -0.2) is 43.7 Å². The van der Waals surface area contributed by atoms with Crippen molar-refractivity contribution in [3.8, 4) is 0 Å². The Bertz CT molecular complexity index is 425. The van der Waals surface area contributed by atoms with Crippen LogP contribution in [0.1, 0.15) is 42.5 Å². The fraction of sp³-hybridized carbons (Fsp3) is 0.667. The zero-order chi connectivity index (χ0) is 14.4. The van der Waals surface area contributed by atoms with Crippen molar-refractivity contribution in [3.05, 3.63) is 23.7 Å². The van der Waals surface area contributed by atoms with E-state index in [9.17, 15) is 4.79 Å². The van der Waals surface area contributed by atoms with E-state index in [4.69, 9.17) is 4.42 Å². The van der Waals surface area contributed by atoms with Crippen molar-refractivity contribution in [2.24, 2.45) is 0 Å². The highest BCUT2D eigenvalue weighted by Gasteiger charge is 2.16. The molecule has 0 radical (unpaired) electrons. The molecule has 2 heterocycles. The molecule has 1 aromatic heterocycles. The lowest BCUT2D eigenvalue weighted by molar-refractivity contribution is 0.0562. The Morgan fingerprint density at radius 1 is 1.40 bits per heavy atom. The van der Waals surface area contributed by atoms with Crippen molar-refractivity contribution in [2.75, 3.05) is 26.7 Å². The summed E-state index contributed by atoms with van der Waals surface area (Å²) in [5.74, 6) is 0.586. The summed E-state index contributed by atoms with van der Waals surface area (Å²) < 4.78 is 10.0. The molecule has 1 unspecified atom stereocenters. The topological polar surface area (TPSA) is 54.7 Å². The Kier molecular flexibility index (Phi) is 5.61. The van der Waals surface area contributed by atoms with Crippen LogP contribution in [0.5, 0.6) is 0 Å². The number of likely N-dealkylation sites (tertiary alicyclic amines) is 1. The summed E-state index contributed by atoms with van der Waals surface area (Å²) >= 11 is 0. The molecule has 1 saturated heterocycles. The van der Waals surface area contributed by atoms with E-state index in [2.05, 4.69) is 21.9 Å². The van der Waals surface area contributed by atoms with E-state index < -0.39 is 5.97 Å². The molecule has 20 heavy (non-hydrogen) atoms. The van der Waals surface area contributed by atoms with Crippen molar-refractivity contribution < 1.29 is 13.9 Å². The fourth-order valence-electron chi connectivity index (χ4n) is 2.58. The number of nitrogens with zero attached hydrogens (tertiary/aromatic N) is 1. The SMILES string of the molecule is COC(=O)c1ccc(CNCC(C)N2CCCCC2)o1. The van der Waals surface area contributed by atoms with E-state index >= 15 is 0 Å². The first kappa shape index (κ1) is 15.1. The minimum absolute atomic E-state index is 0.258. The first-order valence-electron chi connectivity index (χ1n) is 7.32. The van der Waals surface area contributed by atoms with Crippen LogP contribution >= 0.6 is 0 Å². The normalized spacial score (nSPS) is 17.9. The fourth-order valence-corrected chi connectivity index (χ4v) is 2.58. The first-order valence-corrected chi connectivity index (χ1v) is 7.32. The average molecular weight is 280 g/mol. The van der Waals surface area contributed by atoms with Gasteiger partial charge in [-0.25, -0.2) is 4.79 Å². The van der Waals surface area contributed by atoms with Gasteiger partial charge in [0.1, 0.15) is 5.76 Å². The van der Waals surface area contributed by atoms with Gasteiger partial charge in [0, 0.05) is 12.6 Å². The highest BCUT2D eigenvalue weighted by atomic mass is 16.5. The summed E-state index contributed by atoms with van der Waals surface area (Å²) in [6, 6.07) is 3.99. The summed E-state index contributed by atoms with van der Waals surface area (Å²) in [5, 5.41) is 3.38. The molecular formula is C15H24N2O3. The largest absolute Gasteiger partial charge is 0.463 e. The number of rotatable bonds is 6. The molecule has 1 atom stereocenters. The minimum atomic E-state index is -0.432. The highest BCUT2D eigenvalue weighted by molar-refractivity contribution is 5.86. The van der Waals surface area contributed by atoms with Crippen LogP contribution in [0.4, 0.5) is 0 Å². The Morgan fingerprint density at radius 2 is 2.15 bits per heavy atom. The van der Waals surface area contributed by atoms with E-state index in [-0.39, 0.29) is 5.76 Å². The number of furan rings is 1. The van der Waals surface area contributed by atoms with Crippen molar-refractivity contribution in [1.82, 2.24) is 10.2 Å². The molecule has 0 bridgehead atoms. The van der Waals surface area contributed by atoms with Crippen LogP contribution in [-0.2, 0) is 11.3 Å². The van der Waals surface area contributed by atoms with Gasteiger partial charge in [-0.1, -0.05) is 6.42 Å². The second-order valence-corrected chi connectivity index (χ2v) is 5.33. The molecule has 0 amide bonds. The van der Waals surface area contributed by atoms with Crippen LogP contribution in [0.15, 0.2) is 16.5 Å². The molecule has 1 aromatic rings. The number of ether oxygens (including phenoxy) is 1. The van der Waals surface area contributed by atoms with E-state index in [0.717, 1.165) is 12.3 Å². The van der Waals surface area contributed by atoms with Gasteiger partial charge >= 0.3 is 5.97 Å². The number of carbonyl (C=O) groups excluding carboxylic acids is 1. The van der Waals surface area contributed by atoms with Crippen LogP contribution in [0, 0.1) is 0 Å². The molecule has 0 spiro atoms. The van der Waals surface area contributed by atoms with Gasteiger partial charge in [-0.2, -0.15) is 0 Å². The lowest BCUT2D eigenvalue weighted by Gasteiger charge is -2.32. The van der Waals surface area contributed by atoms with Gasteiger partial charge in [-0.3, -0.25) is 4.90 Å². The summed E-state index contributed by atoms with van der Waals surface area (Å²) in [7, 11) is 1.35. The molecule has 1 N–H and O–H groups in total. The summed E-state index contributed by atoms with van der Waals surface area (Å²) in [6.07, 6.45) is 3.98. The molecule has 2 rings (SSSR count). The molecule has 0 saturated carbocycles. The van der Waals surface area contributed by atoms with Gasteiger partial charge in [0.25, 0.3) is 0 Å². The standard InChI is InChI=1S/C15H24N2O3/c1-12(17-8-4-3-5-9-17)10-16-11-13-6-7-14(20-13)15(18)19-2/h6-7,12,16H,3-5,8-11H2,1-2H3. The number of piperidine rings is 1. The van der Waals surface area contributed by atoms with Crippen molar-refractivity contribution in [1.29, 1.82) is 0 Å². The Balaban J connectivity index is 1.72. The van der Waals surface area contributed by atoms with Gasteiger partial charge in [0.2, 0.25) is 5.76 Å².